The Kier molecular flexibility index (Phi) is 11.8. The highest BCUT2D eigenvalue weighted by Crippen LogP contribution is 2.56. The molecule has 37 heavy (non-hydrogen) atoms. The van der Waals surface area contributed by atoms with Gasteiger partial charge >= 0.3 is 13.8 Å². The largest absolute Gasteiger partial charge is 0.530 e. The van der Waals surface area contributed by atoms with Crippen LogP contribution >= 0.6 is 19.6 Å². The van der Waals surface area contributed by atoms with Crippen molar-refractivity contribution in [1.29, 1.82) is 0 Å². The number of carbonyl (C=O) groups is 5. The second-order valence-corrected chi connectivity index (χ2v) is 11.5. The molecule has 1 aromatic carbocycles. The third kappa shape index (κ3) is 11.0. The smallest absolute Gasteiger partial charge is 0.481 e. The number of carboxylic acids is 1. The summed E-state index contributed by atoms with van der Waals surface area (Å²) < 4.78 is 29.1. The SMILES string of the molecule is CC1(C)COP(=O)(Oc2ccccc2)O[C@H]1C(=O)NCCC(=O)NCCSC(=O)CC(=O)CCC(=O)O. The van der Waals surface area contributed by atoms with Crippen LogP contribution in [0.5, 0.6) is 5.75 Å². The van der Waals surface area contributed by atoms with E-state index in [-0.39, 0.29) is 62.8 Å². The van der Waals surface area contributed by atoms with Gasteiger partial charge in [0.05, 0.1) is 19.4 Å². The third-order valence-electron chi connectivity index (χ3n) is 5.04. The first-order valence-corrected chi connectivity index (χ1v) is 14.0. The van der Waals surface area contributed by atoms with Crippen LogP contribution in [0.1, 0.15) is 39.5 Å². The van der Waals surface area contributed by atoms with Gasteiger partial charge in [0, 0.05) is 37.1 Å². The Morgan fingerprint density at radius 3 is 2.46 bits per heavy atom. The molecule has 1 unspecified atom stereocenters. The number of rotatable bonds is 14. The van der Waals surface area contributed by atoms with Gasteiger partial charge in [-0.1, -0.05) is 43.8 Å². The molecule has 0 aliphatic carbocycles. The maximum atomic E-state index is 12.9. The number of phosphoric acid groups is 1. The maximum absolute atomic E-state index is 12.9. The van der Waals surface area contributed by atoms with Crippen molar-refractivity contribution in [1.82, 2.24) is 10.6 Å². The van der Waals surface area contributed by atoms with Crippen molar-refractivity contribution in [2.45, 2.75) is 45.6 Å². The molecule has 2 rings (SSSR count). The van der Waals surface area contributed by atoms with Crippen molar-refractivity contribution in [2.24, 2.45) is 5.41 Å². The molecule has 1 fully saturated rings. The normalized spacial score (nSPS) is 20.4. The molecule has 0 bridgehead atoms. The number of para-hydroxylation sites is 1. The minimum absolute atomic E-state index is 0.00450. The quantitative estimate of drug-likeness (QED) is 0.174. The van der Waals surface area contributed by atoms with E-state index in [0.29, 0.717) is 0 Å². The molecule has 0 aromatic heterocycles. The van der Waals surface area contributed by atoms with Crippen molar-refractivity contribution in [3.8, 4) is 5.75 Å². The van der Waals surface area contributed by atoms with Gasteiger partial charge in [0.2, 0.25) is 5.91 Å². The number of Topliss-reactive ketones (excluding diaryl/α,β-unsaturated/α-hetero) is 1. The summed E-state index contributed by atoms with van der Waals surface area (Å²) in [6.45, 7) is 3.55. The summed E-state index contributed by atoms with van der Waals surface area (Å²) in [5.74, 6) is -1.97. The average molecular weight is 559 g/mol. The summed E-state index contributed by atoms with van der Waals surface area (Å²) in [5.41, 5.74) is -0.806. The molecule has 1 heterocycles. The number of benzene rings is 1. The average Bonchev–Trinajstić information content (AvgIpc) is 2.83. The molecule has 12 nitrogen and oxygen atoms in total. The molecule has 2 atom stereocenters. The highest BCUT2D eigenvalue weighted by atomic mass is 32.2. The Hall–Kier alpha value is -2.73. The van der Waals surface area contributed by atoms with Gasteiger partial charge in [-0.2, -0.15) is 0 Å². The zero-order chi connectivity index (χ0) is 27.5. The van der Waals surface area contributed by atoms with Gasteiger partial charge in [-0.3, -0.25) is 33.0 Å². The Morgan fingerprint density at radius 1 is 1.08 bits per heavy atom. The lowest BCUT2D eigenvalue weighted by molar-refractivity contribution is -0.140. The molecule has 0 saturated carbocycles. The van der Waals surface area contributed by atoms with Gasteiger partial charge in [-0.05, 0) is 12.1 Å². The summed E-state index contributed by atoms with van der Waals surface area (Å²) in [6, 6.07) is 8.29. The lowest BCUT2D eigenvalue weighted by Gasteiger charge is -2.39. The van der Waals surface area contributed by atoms with Crippen molar-refractivity contribution >= 4 is 48.3 Å². The molecule has 0 radical (unpaired) electrons. The monoisotopic (exact) mass is 558 g/mol. The number of thioether (sulfide) groups is 1. The highest BCUT2D eigenvalue weighted by molar-refractivity contribution is 8.13. The first-order valence-electron chi connectivity index (χ1n) is 11.5. The number of ketones is 1. The minimum Gasteiger partial charge on any atom is -0.481 e. The minimum atomic E-state index is -4.04. The highest BCUT2D eigenvalue weighted by Gasteiger charge is 2.49. The van der Waals surface area contributed by atoms with E-state index in [2.05, 4.69) is 10.6 Å². The second-order valence-electron chi connectivity index (χ2n) is 8.82. The van der Waals surface area contributed by atoms with Gasteiger partial charge < -0.3 is 20.3 Å². The van der Waals surface area contributed by atoms with Crippen LogP contribution in [0, 0.1) is 5.41 Å². The second kappa shape index (κ2) is 14.3. The van der Waals surface area contributed by atoms with Crippen LogP contribution in [0.25, 0.3) is 0 Å². The van der Waals surface area contributed by atoms with E-state index < -0.39 is 42.1 Å². The van der Waals surface area contributed by atoms with Gasteiger partial charge in [0.1, 0.15) is 11.5 Å². The van der Waals surface area contributed by atoms with Gasteiger partial charge in [-0.25, -0.2) is 4.57 Å². The topological polar surface area (TPSA) is 174 Å². The summed E-state index contributed by atoms with van der Waals surface area (Å²) in [5, 5.41) is 13.3. The zero-order valence-corrected chi connectivity index (χ0v) is 22.3. The number of hydrogen-bond acceptors (Lipinski definition) is 10. The molecular formula is C23H31N2O10PS. The van der Waals surface area contributed by atoms with E-state index in [1.165, 1.54) is 0 Å². The van der Waals surface area contributed by atoms with Crippen molar-refractivity contribution in [3.05, 3.63) is 30.3 Å². The number of amides is 2. The molecule has 1 aromatic rings. The lowest BCUT2D eigenvalue weighted by atomic mass is 9.87. The fourth-order valence-corrected chi connectivity index (χ4v) is 5.43. The number of aliphatic carboxylic acids is 1. The molecule has 1 aliphatic rings. The summed E-state index contributed by atoms with van der Waals surface area (Å²) in [6.07, 6.45) is -2.05. The first-order chi connectivity index (χ1) is 17.4. The van der Waals surface area contributed by atoms with Gasteiger partial charge in [-0.15, -0.1) is 0 Å². The molecule has 3 N–H and O–H groups in total. The van der Waals surface area contributed by atoms with E-state index in [9.17, 15) is 28.5 Å². The van der Waals surface area contributed by atoms with E-state index >= 15 is 0 Å². The Bertz CT molecular complexity index is 1030. The number of phosphoric ester groups is 1. The zero-order valence-electron chi connectivity index (χ0n) is 20.6. The van der Waals surface area contributed by atoms with Crippen LogP contribution in [0.15, 0.2) is 30.3 Å². The van der Waals surface area contributed by atoms with E-state index in [0.717, 1.165) is 11.8 Å². The standard InChI is InChI=1S/C23H31N2O10PS/c1-23(2)15-33-36(32,34-17-6-4-3-5-7-17)35-21(23)22(31)25-11-10-18(27)24-12-13-37-20(30)14-16(26)8-9-19(28)29/h3-7,21H,8-15H2,1-2H3,(H,24,27)(H,25,31)(H,28,29)/t21-,36?/m0/s1. The van der Waals surface area contributed by atoms with Crippen LogP contribution < -0.4 is 15.2 Å². The Balaban J connectivity index is 1.69. The molecular weight excluding hydrogens is 527 g/mol. The van der Waals surface area contributed by atoms with E-state index in [4.69, 9.17) is 18.7 Å². The Labute approximate surface area is 218 Å². The van der Waals surface area contributed by atoms with Crippen LogP contribution in [0.4, 0.5) is 0 Å². The number of carboxylic acid groups (broad SMARTS) is 1. The van der Waals surface area contributed by atoms with Gasteiger partial charge in [0.25, 0.3) is 5.91 Å². The van der Waals surface area contributed by atoms with Crippen LogP contribution in [-0.2, 0) is 37.6 Å². The van der Waals surface area contributed by atoms with E-state index in [1.807, 2.05) is 0 Å². The molecule has 14 heteroatoms. The van der Waals surface area contributed by atoms with Crippen molar-refractivity contribution in [2.75, 3.05) is 25.4 Å². The van der Waals surface area contributed by atoms with Crippen LogP contribution in [0.3, 0.4) is 0 Å². The van der Waals surface area contributed by atoms with Crippen molar-refractivity contribution in [3.63, 3.8) is 0 Å². The first kappa shape index (κ1) is 30.5. The summed E-state index contributed by atoms with van der Waals surface area (Å²) >= 11 is 0.870. The fourth-order valence-electron chi connectivity index (χ4n) is 3.07. The summed E-state index contributed by atoms with van der Waals surface area (Å²) in [4.78, 5) is 58.4. The number of nitrogens with one attached hydrogen (secondary N) is 2. The predicted molar refractivity (Wildman–Crippen MR) is 134 cm³/mol. The maximum Gasteiger partial charge on any atom is 0.530 e. The van der Waals surface area contributed by atoms with Crippen LogP contribution in [-0.4, -0.2) is 65.3 Å². The molecule has 1 saturated heterocycles. The van der Waals surface area contributed by atoms with Gasteiger partial charge in [0.15, 0.2) is 11.2 Å². The molecule has 2 amide bonds. The number of hydrogen-bond donors (Lipinski definition) is 3. The summed E-state index contributed by atoms with van der Waals surface area (Å²) in [7, 11) is -4.04. The third-order valence-corrected chi connectivity index (χ3v) is 7.26. The van der Waals surface area contributed by atoms with Crippen molar-refractivity contribution < 1.29 is 47.2 Å². The Morgan fingerprint density at radius 2 is 1.78 bits per heavy atom. The molecule has 1 aliphatic heterocycles. The molecule has 204 valence electrons. The molecule has 0 spiro atoms. The van der Waals surface area contributed by atoms with E-state index in [1.54, 1.807) is 44.2 Å². The predicted octanol–water partition coefficient (Wildman–Crippen LogP) is 2.32. The number of carbonyl (C=O) groups excluding carboxylic acids is 4. The fraction of sp³-hybridized carbons (Fsp3) is 0.522. The lowest BCUT2D eigenvalue weighted by Crippen LogP contribution is -2.50. The van der Waals surface area contributed by atoms with Crippen LogP contribution in [0.2, 0.25) is 0 Å².